The summed E-state index contributed by atoms with van der Waals surface area (Å²) >= 11 is 0. The molecular formula is C20H31N3O2. The molecule has 2 amide bonds. The zero-order valence-corrected chi connectivity index (χ0v) is 15.7. The summed E-state index contributed by atoms with van der Waals surface area (Å²) in [7, 11) is 0. The van der Waals surface area contributed by atoms with E-state index in [2.05, 4.69) is 29.4 Å². The third kappa shape index (κ3) is 4.88. The molecule has 0 aromatic heterocycles. The van der Waals surface area contributed by atoms with Crippen LogP contribution in [-0.4, -0.2) is 42.2 Å². The lowest BCUT2D eigenvalue weighted by molar-refractivity contribution is 0.243. The number of aryl methyl sites for hydroxylation is 1. The molecule has 1 saturated heterocycles. The van der Waals surface area contributed by atoms with Gasteiger partial charge in [0.2, 0.25) is 0 Å². The van der Waals surface area contributed by atoms with Crippen molar-refractivity contribution in [2.75, 3.05) is 18.5 Å². The number of carbonyl (C=O) groups is 1. The average Bonchev–Trinajstić information content (AvgIpc) is 3.34. The van der Waals surface area contributed by atoms with Crippen LogP contribution < -0.4 is 15.4 Å². The molecular weight excluding hydrogens is 314 g/mol. The number of likely N-dealkylation sites (tertiary alicyclic amines) is 1. The van der Waals surface area contributed by atoms with Crippen LogP contribution in [0.15, 0.2) is 18.2 Å². The topological polar surface area (TPSA) is 53.6 Å². The van der Waals surface area contributed by atoms with Gasteiger partial charge >= 0.3 is 6.03 Å². The molecule has 1 aliphatic carbocycles. The maximum absolute atomic E-state index is 12.3. The van der Waals surface area contributed by atoms with E-state index < -0.39 is 0 Å². The molecule has 1 aromatic rings. The molecule has 1 aromatic carbocycles. The Morgan fingerprint density at radius 1 is 1.36 bits per heavy atom. The summed E-state index contributed by atoms with van der Waals surface area (Å²) < 4.78 is 5.71. The van der Waals surface area contributed by atoms with Crippen LogP contribution in [0.4, 0.5) is 10.5 Å². The second-order valence-electron chi connectivity index (χ2n) is 7.49. The Morgan fingerprint density at radius 2 is 2.16 bits per heavy atom. The molecule has 0 unspecified atom stereocenters. The molecule has 25 heavy (non-hydrogen) atoms. The molecule has 2 atom stereocenters. The van der Waals surface area contributed by atoms with Crippen molar-refractivity contribution in [1.82, 2.24) is 10.2 Å². The van der Waals surface area contributed by atoms with Crippen LogP contribution in [-0.2, 0) is 0 Å². The Labute approximate surface area is 151 Å². The van der Waals surface area contributed by atoms with Gasteiger partial charge in [-0.25, -0.2) is 4.79 Å². The van der Waals surface area contributed by atoms with Crippen molar-refractivity contribution >= 4 is 11.7 Å². The van der Waals surface area contributed by atoms with Gasteiger partial charge in [-0.15, -0.1) is 0 Å². The van der Waals surface area contributed by atoms with Crippen molar-refractivity contribution < 1.29 is 9.53 Å². The molecule has 0 spiro atoms. The van der Waals surface area contributed by atoms with E-state index in [4.69, 9.17) is 4.74 Å². The number of anilines is 1. The quantitative estimate of drug-likeness (QED) is 0.737. The number of carbonyl (C=O) groups excluding carboxylic acids is 1. The molecule has 3 rings (SSSR count). The monoisotopic (exact) mass is 345 g/mol. The molecule has 2 fully saturated rings. The van der Waals surface area contributed by atoms with Gasteiger partial charge in [0.25, 0.3) is 0 Å². The highest BCUT2D eigenvalue weighted by molar-refractivity contribution is 5.90. The summed E-state index contributed by atoms with van der Waals surface area (Å²) in [4.78, 5) is 14.9. The van der Waals surface area contributed by atoms with Gasteiger partial charge < -0.3 is 15.4 Å². The molecule has 1 heterocycles. The fraction of sp³-hybridized carbons (Fsp3) is 0.650. The van der Waals surface area contributed by atoms with Crippen molar-refractivity contribution in [3.05, 3.63) is 23.8 Å². The first-order valence-corrected chi connectivity index (χ1v) is 9.63. The van der Waals surface area contributed by atoms with E-state index >= 15 is 0 Å². The van der Waals surface area contributed by atoms with Crippen molar-refractivity contribution in [1.29, 1.82) is 0 Å². The Bertz CT molecular complexity index is 601. The third-order valence-electron chi connectivity index (χ3n) is 5.19. The summed E-state index contributed by atoms with van der Waals surface area (Å²) in [5.74, 6) is 0.863. The standard InChI is InChI=1S/C20H31N3O2/c1-4-5-10-25-18-8-9-19(14(2)11-18)22-20(24)21-16-12-15(3)23(13-16)17-6-7-17/h8-9,11,15-17H,4-7,10,12-13H2,1-3H3,(H2,21,22,24)/t15-,16-/m0/s1. The molecule has 2 aliphatic rings. The highest BCUT2D eigenvalue weighted by atomic mass is 16.5. The van der Waals surface area contributed by atoms with Crippen molar-refractivity contribution in [3.8, 4) is 5.75 Å². The SMILES string of the molecule is CCCCOc1ccc(NC(=O)N[C@H]2C[C@H](C)N(C3CC3)C2)c(C)c1. The zero-order chi connectivity index (χ0) is 17.8. The third-order valence-corrected chi connectivity index (χ3v) is 5.19. The lowest BCUT2D eigenvalue weighted by Gasteiger charge is -2.19. The lowest BCUT2D eigenvalue weighted by Crippen LogP contribution is -2.40. The zero-order valence-electron chi connectivity index (χ0n) is 15.7. The summed E-state index contributed by atoms with van der Waals surface area (Å²) in [6.45, 7) is 8.12. The number of urea groups is 1. The minimum atomic E-state index is -0.113. The summed E-state index contributed by atoms with van der Waals surface area (Å²) in [5.41, 5.74) is 1.86. The van der Waals surface area contributed by atoms with Crippen LogP contribution in [0.2, 0.25) is 0 Å². The van der Waals surface area contributed by atoms with Crippen molar-refractivity contribution in [2.24, 2.45) is 0 Å². The highest BCUT2D eigenvalue weighted by Gasteiger charge is 2.39. The highest BCUT2D eigenvalue weighted by Crippen LogP contribution is 2.33. The molecule has 138 valence electrons. The fourth-order valence-corrected chi connectivity index (χ4v) is 3.62. The van der Waals surface area contributed by atoms with E-state index in [0.717, 1.165) is 55.5 Å². The Morgan fingerprint density at radius 3 is 2.84 bits per heavy atom. The molecule has 1 saturated carbocycles. The predicted octanol–water partition coefficient (Wildman–Crippen LogP) is 3.92. The van der Waals surface area contributed by atoms with E-state index in [-0.39, 0.29) is 12.1 Å². The summed E-state index contributed by atoms with van der Waals surface area (Å²) in [6, 6.07) is 7.28. The van der Waals surface area contributed by atoms with Gasteiger partial charge in [-0.2, -0.15) is 0 Å². The van der Waals surface area contributed by atoms with Gasteiger partial charge in [0.05, 0.1) is 6.61 Å². The normalized spacial score (nSPS) is 23.5. The molecule has 1 aliphatic heterocycles. The summed E-state index contributed by atoms with van der Waals surface area (Å²) in [5, 5.41) is 6.11. The molecule has 5 nitrogen and oxygen atoms in total. The van der Waals surface area contributed by atoms with Gasteiger partial charge in [-0.3, -0.25) is 4.90 Å². The minimum absolute atomic E-state index is 0.113. The first-order chi connectivity index (χ1) is 12.1. The predicted molar refractivity (Wildman–Crippen MR) is 101 cm³/mol. The largest absolute Gasteiger partial charge is 0.494 e. The molecule has 0 bridgehead atoms. The number of amides is 2. The Balaban J connectivity index is 1.49. The number of rotatable bonds is 7. The first-order valence-electron chi connectivity index (χ1n) is 9.63. The van der Waals surface area contributed by atoms with Crippen LogP contribution in [0.1, 0.15) is 51.5 Å². The number of hydrogen-bond donors (Lipinski definition) is 2. The minimum Gasteiger partial charge on any atom is -0.494 e. The van der Waals surface area contributed by atoms with Crippen LogP contribution in [0.5, 0.6) is 5.75 Å². The number of ether oxygens (including phenoxy) is 1. The average molecular weight is 345 g/mol. The Kier molecular flexibility index (Phi) is 5.84. The van der Waals surface area contributed by atoms with Crippen LogP contribution >= 0.6 is 0 Å². The number of unbranched alkanes of at least 4 members (excludes halogenated alkanes) is 1. The van der Waals surface area contributed by atoms with Gasteiger partial charge in [0.1, 0.15) is 5.75 Å². The lowest BCUT2D eigenvalue weighted by atomic mass is 10.2. The number of nitrogens with zero attached hydrogens (tertiary/aromatic N) is 1. The van der Waals surface area contributed by atoms with E-state index in [9.17, 15) is 4.79 Å². The molecule has 0 radical (unpaired) electrons. The van der Waals surface area contributed by atoms with Gasteiger partial charge in [0.15, 0.2) is 0 Å². The van der Waals surface area contributed by atoms with E-state index in [1.165, 1.54) is 12.8 Å². The number of benzene rings is 1. The first kappa shape index (κ1) is 18.1. The number of hydrogen-bond acceptors (Lipinski definition) is 3. The summed E-state index contributed by atoms with van der Waals surface area (Å²) in [6.07, 6.45) is 5.84. The maximum atomic E-state index is 12.3. The van der Waals surface area contributed by atoms with Crippen LogP contribution in [0, 0.1) is 6.92 Å². The van der Waals surface area contributed by atoms with E-state index in [0.29, 0.717) is 6.04 Å². The number of nitrogens with one attached hydrogen (secondary N) is 2. The Hall–Kier alpha value is -1.75. The van der Waals surface area contributed by atoms with E-state index in [1.807, 2.05) is 25.1 Å². The van der Waals surface area contributed by atoms with Gasteiger partial charge in [0, 0.05) is 30.4 Å². The fourth-order valence-electron chi connectivity index (χ4n) is 3.62. The van der Waals surface area contributed by atoms with Crippen LogP contribution in [0.25, 0.3) is 0 Å². The van der Waals surface area contributed by atoms with Crippen LogP contribution in [0.3, 0.4) is 0 Å². The smallest absolute Gasteiger partial charge is 0.319 e. The molecule has 2 N–H and O–H groups in total. The maximum Gasteiger partial charge on any atom is 0.319 e. The van der Waals surface area contributed by atoms with Crippen molar-refractivity contribution in [2.45, 2.75) is 71.0 Å². The second-order valence-corrected chi connectivity index (χ2v) is 7.49. The molecule has 5 heteroatoms. The van der Waals surface area contributed by atoms with Gasteiger partial charge in [-0.1, -0.05) is 13.3 Å². The van der Waals surface area contributed by atoms with Gasteiger partial charge in [-0.05, 0) is 63.3 Å². The van der Waals surface area contributed by atoms with E-state index in [1.54, 1.807) is 0 Å². The van der Waals surface area contributed by atoms with Crippen molar-refractivity contribution in [3.63, 3.8) is 0 Å². The second kappa shape index (κ2) is 8.09.